The lowest BCUT2D eigenvalue weighted by Gasteiger charge is -2.13. The Balaban J connectivity index is 1.90. The molecule has 0 heterocycles. The monoisotopic (exact) mass is 365 g/mol. The van der Waals surface area contributed by atoms with E-state index in [2.05, 4.69) is 5.32 Å². The van der Waals surface area contributed by atoms with E-state index in [1.165, 1.54) is 18.2 Å². The van der Waals surface area contributed by atoms with Crippen molar-refractivity contribution in [3.05, 3.63) is 70.3 Å². The molecule has 7 heteroatoms. The molecule has 0 atom stereocenters. The summed E-state index contributed by atoms with van der Waals surface area (Å²) in [4.78, 5) is 23.7. The van der Waals surface area contributed by atoms with Crippen LogP contribution in [0, 0.1) is 13.8 Å². The Morgan fingerprint density at radius 2 is 1.73 bits per heavy atom. The Hall–Kier alpha value is -2.83. The Kier molecular flexibility index (Phi) is 6.02. The first-order valence-corrected chi connectivity index (χ1v) is 7.84. The van der Waals surface area contributed by atoms with E-state index in [1.54, 1.807) is 18.2 Å². The molecule has 0 radical (unpaired) electrons. The molecule has 4 nitrogen and oxygen atoms in total. The van der Waals surface area contributed by atoms with Crippen LogP contribution < -0.4 is 5.32 Å². The van der Waals surface area contributed by atoms with Crippen LogP contribution in [-0.2, 0) is 22.3 Å². The number of carbonyl (C=O) groups is 2. The van der Waals surface area contributed by atoms with Gasteiger partial charge < -0.3 is 10.1 Å². The number of hydrogen-bond donors (Lipinski definition) is 1. The van der Waals surface area contributed by atoms with Gasteiger partial charge in [-0.05, 0) is 43.2 Å². The zero-order valence-corrected chi connectivity index (χ0v) is 14.3. The summed E-state index contributed by atoms with van der Waals surface area (Å²) in [6, 6.07) is 9.96. The maximum atomic E-state index is 12.9. The summed E-state index contributed by atoms with van der Waals surface area (Å²) in [6.45, 7) is 2.82. The molecule has 0 unspecified atom stereocenters. The Morgan fingerprint density at radius 3 is 2.38 bits per heavy atom. The molecule has 1 N–H and O–H groups in total. The molecule has 0 aliphatic heterocycles. The Labute approximate surface area is 149 Å². The molecule has 0 fully saturated rings. The van der Waals surface area contributed by atoms with E-state index < -0.39 is 36.8 Å². The van der Waals surface area contributed by atoms with Crippen molar-refractivity contribution in [2.24, 2.45) is 0 Å². The highest BCUT2D eigenvalue weighted by molar-refractivity contribution is 5.96. The number of ether oxygens (including phenoxy) is 1. The van der Waals surface area contributed by atoms with Crippen molar-refractivity contribution in [2.45, 2.75) is 26.6 Å². The van der Waals surface area contributed by atoms with Gasteiger partial charge in [0.2, 0.25) is 0 Å². The molecule has 0 saturated heterocycles. The maximum absolute atomic E-state index is 12.9. The van der Waals surface area contributed by atoms with Crippen molar-refractivity contribution in [1.82, 2.24) is 5.32 Å². The summed E-state index contributed by atoms with van der Waals surface area (Å²) in [5, 5.41) is 2.39. The molecule has 0 aromatic heterocycles. The highest BCUT2D eigenvalue weighted by Crippen LogP contribution is 2.32. The summed E-state index contributed by atoms with van der Waals surface area (Å²) in [5.74, 6) is -1.28. The number of aryl methyl sites for hydroxylation is 2. The van der Waals surface area contributed by atoms with E-state index in [4.69, 9.17) is 4.74 Å². The predicted octanol–water partition coefficient (Wildman–Crippen LogP) is 3.80. The second-order valence-corrected chi connectivity index (χ2v) is 5.80. The highest BCUT2D eigenvalue weighted by atomic mass is 19.4. The first kappa shape index (κ1) is 19.5. The van der Waals surface area contributed by atoms with Crippen molar-refractivity contribution >= 4 is 11.9 Å². The van der Waals surface area contributed by atoms with Crippen molar-refractivity contribution < 1.29 is 27.5 Å². The van der Waals surface area contributed by atoms with Crippen LogP contribution in [0.2, 0.25) is 0 Å². The fourth-order valence-corrected chi connectivity index (χ4v) is 2.27. The molecule has 0 saturated carbocycles. The van der Waals surface area contributed by atoms with Gasteiger partial charge in [-0.25, -0.2) is 0 Å². The molecule has 1 amide bonds. The first-order valence-electron chi connectivity index (χ1n) is 7.84. The third kappa shape index (κ3) is 5.08. The van der Waals surface area contributed by atoms with Crippen LogP contribution >= 0.6 is 0 Å². The van der Waals surface area contributed by atoms with Gasteiger partial charge in [-0.2, -0.15) is 13.2 Å². The zero-order valence-electron chi connectivity index (χ0n) is 14.3. The number of hydrogen-bond acceptors (Lipinski definition) is 3. The Morgan fingerprint density at radius 1 is 1.04 bits per heavy atom. The second-order valence-electron chi connectivity index (χ2n) is 5.80. The highest BCUT2D eigenvalue weighted by Gasteiger charge is 2.33. The first-order chi connectivity index (χ1) is 12.2. The third-order valence-electron chi connectivity index (χ3n) is 3.87. The van der Waals surface area contributed by atoms with Crippen LogP contribution in [0.5, 0.6) is 0 Å². The van der Waals surface area contributed by atoms with Crippen LogP contribution in [0.25, 0.3) is 0 Å². The number of carbonyl (C=O) groups excluding carboxylic acids is 2. The molecule has 0 spiro atoms. The molecule has 0 bridgehead atoms. The van der Waals surface area contributed by atoms with Crippen molar-refractivity contribution in [1.29, 1.82) is 0 Å². The largest absolute Gasteiger partial charge is 0.459 e. The zero-order chi connectivity index (χ0) is 19.3. The van der Waals surface area contributed by atoms with Gasteiger partial charge in [0, 0.05) is 11.1 Å². The molecule has 138 valence electrons. The molecule has 2 aromatic rings. The van der Waals surface area contributed by atoms with Crippen molar-refractivity contribution in [3.63, 3.8) is 0 Å². The van der Waals surface area contributed by atoms with Crippen LogP contribution in [-0.4, -0.2) is 18.4 Å². The van der Waals surface area contributed by atoms with Crippen LogP contribution in [0.15, 0.2) is 42.5 Å². The minimum Gasteiger partial charge on any atom is -0.459 e. The van der Waals surface area contributed by atoms with Gasteiger partial charge in [0.15, 0.2) is 0 Å². The molecular weight excluding hydrogens is 347 g/mol. The van der Waals surface area contributed by atoms with Crippen molar-refractivity contribution in [3.8, 4) is 0 Å². The maximum Gasteiger partial charge on any atom is 0.416 e. The van der Waals surface area contributed by atoms with E-state index >= 15 is 0 Å². The van der Waals surface area contributed by atoms with Gasteiger partial charge in [0.05, 0.1) is 5.56 Å². The summed E-state index contributed by atoms with van der Waals surface area (Å²) in [6.07, 6.45) is -4.53. The van der Waals surface area contributed by atoms with E-state index in [-0.39, 0.29) is 5.56 Å². The molecule has 2 aromatic carbocycles. The number of benzene rings is 2. The van der Waals surface area contributed by atoms with Gasteiger partial charge in [-0.15, -0.1) is 0 Å². The summed E-state index contributed by atoms with van der Waals surface area (Å²) in [5.41, 5.74) is 1.36. The summed E-state index contributed by atoms with van der Waals surface area (Å²) >= 11 is 0. The lowest BCUT2D eigenvalue weighted by molar-refractivity contribution is -0.146. The lowest BCUT2D eigenvalue weighted by Crippen LogP contribution is -2.30. The fraction of sp³-hybridized carbons (Fsp3) is 0.263. The van der Waals surface area contributed by atoms with Crippen LogP contribution in [0.1, 0.15) is 32.6 Å². The Bertz CT molecular complexity index is 816. The van der Waals surface area contributed by atoms with E-state index in [1.807, 2.05) is 13.8 Å². The standard InChI is InChI=1S/C19H18F3NO3/c1-12-7-8-14(9-13(12)2)18(25)23-10-17(24)26-11-15-5-3-4-6-16(15)19(20,21)22/h3-9H,10-11H2,1-2H3,(H,23,25). The molecule has 0 aliphatic carbocycles. The fourth-order valence-electron chi connectivity index (χ4n) is 2.27. The van der Waals surface area contributed by atoms with Gasteiger partial charge in [-0.1, -0.05) is 24.3 Å². The molecule has 26 heavy (non-hydrogen) atoms. The van der Waals surface area contributed by atoms with Crippen molar-refractivity contribution in [2.75, 3.05) is 6.54 Å². The smallest absolute Gasteiger partial charge is 0.416 e. The molecule has 2 rings (SSSR count). The number of esters is 1. The lowest BCUT2D eigenvalue weighted by atomic mass is 10.1. The van der Waals surface area contributed by atoms with Crippen LogP contribution in [0.3, 0.4) is 0 Å². The number of alkyl halides is 3. The van der Waals surface area contributed by atoms with Gasteiger partial charge >= 0.3 is 12.1 Å². The van der Waals surface area contributed by atoms with Gasteiger partial charge in [0.1, 0.15) is 13.2 Å². The number of amides is 1. The average molecular weight is 365 g/mol. The van der Waals surface area contributed by atoms with E-state index in [9.17, 15) is 22.8 Å². The third-order valence-corrected chi connectivity index (χ3v) is 3.87. The summed E-state index contributed by atoms with van der Waals surface area (Å²) in [7, 11) is 0. The van der Waals surface area contributed by atoms with Gasteiger partial charge in [0.25, 0.3) is 5.91 Å². The molecule has 0 aliphatic rings. The topological polar surface area (TPSA) is 55.4 Å². The SMILES string of the molecule is Cc1ccc(C(=O)NCC(=O)OCc2ccccc2C(F)(F)F)cc1C. The second kappa shape index (κ2) is 8.03. The number of nitrogens with one attached hydrogen (secondary N) is 1. The van der Waals surface area contributed by atoms with E-state index in [0.717, 1.165) is 17.2 Å². The molecular formula is C19H18F3NO3. The minimum atomic E-state index is -4.53. The predicted molar refractivity (Wildman–Crippen MR) is 89.5 cm³/mol. The summed E-state index contributed by atoms with van der Waals surface area (Å²) < 4.78 is 43.5. The average Bonchev–Trinajstić information content (AvgIpc) is 2.59. The van der Waals surface area contributed by atoms with E-state index in [0.29, 0.717) is 5.56 Å². The number of rotatable bonds is 5. The quantitative estimate of drug-likeness (QED) is 0.820. The minimum absolute atomic E-state index is 0.145. The normalized spacial score (nSPS) is 11.1. The van der Waals surface area contributed by atoms with Crippen LogP contribution in [0.4, 0.5) is 13.2 Å². The number of halogens is 3. The van der Waals surface area contributed by atoms with Gasteiger partial charge in [-0.3, -0.25) is 9.59 Å².